The number of nitrogens with zero attached hydrogens (tertiary/aromatic N) is 1. The van der Waals surface area contributed by atoms with Crippen LogP contribution in [0.4, 0.5) is 0 Å². The summed E-state index contributed by atoms with van der Waals surface area (Å²) in [6, 6.07) is 9.47. The lowest BCUT2D eigenvalue weighted by Crippen LogP contribution is -1.87. The van der Waals surface area contributed by atoms with Crippen molar-refractivity contribution in [2.75, 3.05) is 0 Å². The van der Waals surface area contributed by atoms with Crippen LogP contribution in [-0.2, 0) is 0 Å². The van der Waals surface area contributed by atoms with Gasteiger partial charge in [0.25, 0.3) is 0 Å². The number of ether oxygens (including phenoxy) is 1. The van der Waals surface area contributed by atoms with Crippen LogP contribution in [0, 0.1) is 13.8 Å². The van der Waals surface area contributed by atoms with Crippen LogP contribution in [0.5, 0.6) is 11.5 Å². The minimum atomic E-state index is 0.612. The van der Waals surface area contributed by atoms with E-state index < -0.39 is 0 Å². The fraction of sp³-hybridized carbons (Fsp3) is 0.154. The van der Waals surface area contributed by atoms with E-state index in [1.54, 1.807) is 6.20 Å². The normalized spacial score (nSPS) is 10.2. The van der Waals surface area contributed by atoms with Crippen LogP contribution in [0.2, 0.25) is 5.02 Å². The molecule has 0 N–H and O–H groups in total. The summed E-state index contributed by atoms with van der Waals surface area (Å²) in [4.78, 5) is 4.15. The molecule has 2 nitrogen and oxygen atoms in total. The SMILES string of the molecule is Cc1ccc(Oc2ccc(C)nc2)c(Cl)c1. The van der Waals surface area contributed by atoms with Crippen molar-refractivity contribution in [2.45, 2.75) is 13.8 Å². The summed E-state index contributed by atoms with van der Waals surface area (Å²) >= 11 is 6.07. The average Bonchev–Trinajstić information content (AvgIpc) is 2.25. The Hall–Kier alpha value is -1.54. The highest BCUT2D eigenvalue weighted by molar-refractivity contribution is 6.32. The summed E-state index contributed by atoms with van der Waals surface area (Å²) in [6.07, 6.45) is 1.69. The van der Waals surface area contributed by atoms with Gasteiger partial charge in [0, 0.05) is 5.69 Å². The second kappa shape index (κ2) is 4.54. The molecule has 0 unspecified atom stereocenters. The van der Waals surface area contributed by atoms with Crippen molar-refractivity contribution < 1.29 is 4.74 Å². The maximum absolute atomic E-state index is 6.07. The number of aromatic nitrogens is 1. The first-order valence-corrected chi connectivity index (χ1v) is 5.39. The van der Waals surface area contributed by atoms with Crippen LogP contribution in [0.25, 0.3) is 0 Å². The molecule has 0 aliphatic rings. The molecular weight excluding hydrogens is 222 g/mol. The maximum Gasteiger partial charge on any atom is 0.146 e. The molecule has 1 aromatic heterocycles. The summed E-state index contributed by atoms with van der Waals surface area (Å²) in [5.74, 6) is 1.34. The first-order valence-electron chi connectivity index (χ1n) is 5.02. The fourth-order valence-electron chi connectivity index (χ4n) is 1.33. The lowest BCUT2D eigenvalue weighted by Gasteiger charge is -2.07. The first kappa shape index (κ1) is 11.0. The summed E-state index contributed by atoms with van der Waals surface area (Å²) in [5, 5.41) is 0.612. The van der Waals surface area contributed by atoms with E-state index in [-0.39, 0.29) is 0 Å². The molecule has 0 atom stereocenters. The average molecular weight is 234 g/mol. The van der Waals surface area contributed by atoms with Gasteiger partial charge in [0.15, 0.2) is 0 Å². The Bertz CT molecular complexity index is 494. The van der Waals surface area contributed by atoms with Gasteiger partial charge in [-0.25, -0.2) is 0 Å². The van der Waals surface area contributed by atoms with Gasteiger partial charge in [-0.05, 0) is 43.7 Å². The van der Waals surface area contributed by atoms with Crippen molar-refractivity contribution in [2.24, 2.45) is 0 Å². The number of hydrogen-bond acceptors (Lipinski definition) is 2. The molecule has 0 amide bonds. The number of hydrogen-bond donors (Lipinski definition) is 0. The Balaban J connectivity index is 2.23. The minimum Gasteiger partial charge on any atom is -0.454 e. The van der Waals surface area contributed by atoms with Crippen molar-refractivity contribution in [3.63, 3.8) is 0 Å². The molecule has 2 rings (SSSR count). The van der Waals surface area contributed by atoms with Gasteiger partial charge in [0.1, 0.15) is 11.5 Å². The van der Waals surface area contributed by atoms with Crippen molar-refractivity contribution >= 4 is 11.6 Å². The van der Waals surface area contributed by atoms with E-state index in [0.717, 1.165) is 11.3 Å². The van der Waals surface area contributed by atoms with Gasteiger partial charge in [-0.2, -0.15) is 0 Å². The molecule has 82 valence electrons. The Morgan fingerprint density at radius 3 is 2.56 bits per heavy atom. The van der Waals surface area contributed by atoms with E-state index in [1.165, 1.54) is 0 Å². The van der Waals surface area contributed by atoms with Gasteiger partial charge in [-0.1, -0.05) is 17.7 Å². The topological polar surface area (TPSA) is 22.1 Å². The van der Waals surface area contributed by atoms with Crippen molar-refractivity contribution in [3.05, 3.63) is 52.8 Å². The standard InChI is InChI=1S/C13H12ClNO/c1-9-3-6-13(12(14)7-9)16-11-5-4-10(2)15-8-11/h3-8H,1-2H3. The molecule has 0 aliphatic heterocycles. The second-order valence-electron chi connectivity index (χ2n) is 3.67. The summed E-state index contributed by atoms with van der Waals surface area (Å²) in [7, 11) is 0. The zero-order valence-corrected chi connectivity index (χ0v) is 9.95. The largest absolute Gasteiger partial charge is 0.454 e. The van der Waals surface area contributed by atoms with E-state index in [4.69, 9.17) is 16.3 Å². The Morgan fingerprint density at radius 1 is 1.12 bits per heavy atom. The van der Waals surface area contributed by atoms with E-state index in [1.807, 2.05) is 44.2 Å². The number of rotatable bonds is 2. The summed E-state index contributed by atoms with van der Waals surface area (Å²) in [5.41, 5.74) is 2.07. The molecule has 3 heteroatoms. The third-order valence-corrected chi connectivity index (χ3v) is 2.49. The monoisotopic (exact) mass is 233 g/mol. The number of halogens is 1. The number of pyridine rings is 1. The molecule has 0 radical (unpaired) electrons. The number of benzene rings is 1. The lowest BCUT2D eigenvalue weighted by atomic mass is 10.2. The smallest absolute Gasteiger partial charge is 0.146 e. The van der Waals surface area contributed by atoms with Gasteiger partial charge < -0.3 is 4.74 Å². The molecular formula is C13H12ClNO. The van der Waals surface area contributed by atoms with E-state index >= 15 is 0 Å². The van der Waals surface area contributed by atoms with Gasteiger partial charge in [0.2, 0.25) is 0 Å². The van der Waals surface area contributed by atoms with Crippen LogP contribution in [0.3, 0.4) is 0 Å². The zero-order chi connectivity index (χ0) is 11.5. The molecule has 2 aromatic rings. The molecule has 0 saturated carbocycles. The van der Waals surface area contributed by atoms with Crippen LogP contribution >= 0.6 is 11.6 Å². The third kappa shape index (κ3) is 2.52. The molecule has 0 aliphatic carbocycles. The predicted octanol–water partition coefficient (Wildman–Crippen LogP) is 4.14. The molecule has 0 fully saturated rings. The third-order valence-electron chi connectivity index (χ3n) is 2.20. The van der Waals surface area contributed by atoms with E-state index in [9.17, 15) is 0 Å². The highest BCUT2D eigenvalue weighted by Gasteiger charge is 2.03. The van der Waals surface area contributed by atoms with Gasteiger partial charge in [-0.3, -0.25) is 4.98 Å². The summed E-state index contributed by atoms with van der Waals surface area (Å²) < 4.78 is 5.62. The zero-order valence-electron chi connectivity index (χ0n) is 9.20. The van der Waals surface area contributed by atoms with Crippen molar-refractivity contribution in [1.29, 1.82) is 0 Å². The molecule has 1 heterocycles. The predicted molar refractivity (Wildman–Crippen MR) is 65.2 cm³/mol. The van der Waals surface area contributed by atoms with Crippen LogP contribution in [0.15, 0.2) is 36.5 Å². The molecule has 0 spiro atoms. The van der Waals surface area contributed by atoms with Crippen LogP contribution < -0.4 is 4.74 Å². The summed E-state index contributed by atoms with van der Waals surface area (Å²) in [6.45, 7) is 3.92. The van der Waals surface area contributed by atoms with Gasteiger partial charge in [0.05, 0.1) is 11.2 Å². The van der Waals surface area contributed by atoms with Crippen LogP contribution in [0.1, 0.15) is 11.3 Å². The molecule has 16 heavy (non-hydrogen) atoms. The quantitative estimate of drug-likeness (QED) is 0.778. The molecule has 1 aromatic carbocycles. The first-order chi connectivity index (χ1) is 7.65. The Kier molecular flexibility index (Phi) is 3.11. The van der Waals surface area contributed by atoms with Crippen LogP contribution in [-0.4, -0.2) is 4.98 Å². The van der Waals surface area contributed by atoms with E-state index in [2.05, 4.69) is 4.98 Å². The van der Waals surface area contributed by atoms with Crippen molar-refractivity contribution in [1.82, 2.24) is 4.98 Å². The highest BCUT2D eigenvalue weighted by atomic mass is 35.5. The lowest BCUT2D eigenvalue weighted by molar-refractivity contribution is 0.480. The maximum atomic E-state index is 6.07. The van der Waals surface area contributed by atoms with Gasteiger partial charge in [-0.15, -0.1) is 0 Å². The molecule has 0 saturated heterocycles. The number of aryl methyl sites for hydroxylation is 2. The second-order valence-corrected chi connectivity index (χ2v) is 4.08. The Labute approximate surface area is 99.9 Å². The van der Waals surface area contributed by atoms with Gasteiger partial charge >= 0.3 is 0 Å². The highest BCUT2D eigenvalue weighted by Crippen LogP contribution is 2.29. The molecule has 0 bridgehead atoms. The Morgan fingerprint density at radius 2 is 1.94 bits per heavy atom. The van der Waals surface area contributed by atoms with E-state index in [0.29, 0.717) is 16.5 Å². The minimum absolute atomic E-state index is 0.612. The fourth-order valence-corrected chi connectivity index (χ4v) is 1.60. The van der Waals surface area contributed by atoms with Crippen molar-refractivity contribution in [3.8, 4) is 11.5 Å².